The molecule has 0 atom stereocenters. The summed E-state index contributed by atoms with van der Waals surface area (Å²) in [7, 11) is -2.95. The molecule has 0 unspecified atom stereocenters. The van der Waals surface area contributed by atoms with Crippen molar-refractivity contribution in [2.24, 2.45) is 0 Å². The first-order chi connectivity index (χ1) is 21.5. The summed E-state index contributed by atoms with van der Waals surface area (Å²) in [5.41, 5.74) is 2.97. The van der Waals surface area contributed by atoms with Crippen molar-refractivity contribution in [3.05, 3.63) is 170 Å². The number of benzene rings is 6. The molecule has 6 aromatic carbocycles. The van der Waals surface area contributed by atoms with Crippen LogP contribution in [-0.2, 0) is 0 Å². The van der Waals surface area contributed by atoms with Gasteiger partial charge in [0.15, 0.2) is 0 Å². The molecule has 0 heterocycles. The summed E-state index contributed by atoms with van der Waals surface area (Å²) >= 11 is 0. The van der Waals surface area contributed by atoms with E-state index in [-0.39, 0.29) is 0 Å². The first-order valence-electron chi connectivity index (χ1n) is 15.5. The summed E-state index contributed by atoms with van der Waals surface area (Å²) in [5, 5.41) is 8.55. The van der Waals surface area contributed by atoms with Crippen molar-refractivity contribution in [1.82, 2.24) is 0 Å². The Bertz CT molecular complexity index is 1570. The predicted molar refractivity (Wildman–Crippen MR) is 203 cm³/mol. The smallest absolute Gasteiger partial charge is 0.0700 e. The minimum Gasteiger partial charge on any atom is -0.0700 e. The van der Waals surface area contributed by atoms with Crippen molar-refractivity contribution >= 4 is 73.4 Å². The molecule has 0 aliphatic rings. The molecular formula is C40H39BP2Si. The van der Waals surface area contributed by atoms with Crippen LogP contribution in [0.25, 0.3) is 0 Å². The van der Waals surface area contributed by atoms with E-state index in [4.69, 9.17) is 0 Å². The Hall–Kier alpha value is -3.54. The van der Waals surface area contributed by atoms with E-state index in [1.165, 1.54) is 48.7 Å². The van der Waals surface area contributed by atoms with E-state index >= 15 is 0 Å². The predicted octanol–water partition coefficient (Wildman–Crippen LogP) is 6.69. The molecule has 0 spiro atoms. The second kappa shape index (κ2) is 14.0. The van der Waals surface area contributed by atoms with Crippen LogP contribution >= 0.6 is 15.8 Å². The van der Waals surface area contributed by atoms with E-state index < -0.39 is 23.9 Å². The number of hydrogen-bond acceptors (Lipinski definition) is 0. The molecule has 6 rings (SSSR count). The Labute approximate surface area is 267 Å². The van der Waals surface area contributed by atoms with E-state index in [0.29, 0.717) is 6.71 Å². The van der Waals surface area contributed by atoms with Crippen LogP contribution < -0.4 is 42.8 Å². The van der Waals surface area contributed by atoms with Crippen LogP contribution in [0.2, 0.25) is 25.6 Å². The quantitative estimate of drug-likeness (QED) is 0.118. The molecule has 0 aliphatic heterocycles. The molecule has 44 heavy (non-hydrogen) atoms. The highest BCUT2D eigenvalue weighted by atomic mass is 31.1. The fourth-order valence-corrected chi connectivity index (χ4v) is 12.8. The van der Waals surface area contributed by atoms with Gasteiger partial charge in [-0.1, -0.05) is 206 Å². The second-order valence-electron chi connectivity index (χ2n) is 12.4. The third kappa shape index (κ3) is 7.06. The molecule has 0 fully saturated rings. The SMILES string of the molecule is C[Si](C)(C)CB(c1ccccc1P(c1ccccc1)c1ccccc1)c1ccccc1P(c1ccccc1)c1ccccc1. The molecule has 6 aromatic rings. The zero-order chi connectivity index (χ0) is 30.4. The Balaban J connectivity index is 1.58. The fraction of sp³-hybridized carbons (Fsp3) is 0.100. The van der Waals surface area contributed by atoms with Crippen LogP contribution in [-0.4, -0.2) is 14.8 Å². The Morgan fingerprint density at radius 1 is 0.386 bits per heavy atom. The van der Waals surface area contributed by atoms with Gasteiger partial charge >= 0.3 is 0 Å². The Kier molecular flexibility index (Phi) is 9.73. The van der Waals surface area contributed by atoms with Gasteiger partial charge < -0.3 is 0 Å². The fourth-order valence-electron chi connectivity index (χ4n) is 6.13. The van der Waals surface area contributed by atoms with Gasteiger partial charge in [0.25, 0.3) is 0 Å². The zero-order valence-corrected chi connectivity index (χ0v) is 28.6. The lowest BCUT2D eigenvalue weighted by Crippen LogP contribution is -2.56. The van der Waals surface area contributed by atoms with Crippen LogP contribution in [0.5, 0.6) is 0 Å². The molecule has 0 saturated heterocycles. The number of hydrogen-bond donors (Lipinski definition) is 0. The van der Waals surface area contributed by atoms with Gasteiger partial charge in [0, 0.05) is 8.07 Å². The molecule has 0 aromatic heterocycles. The second-order valence-corrected chi connectivity index (χ2v) is 22.3. The molecule has 216 valence electrons. The van der Waals surface area contributed by atoms with Gasteiger partial charge in [-0.25, -0.2) is 0 Å². The third-order valence-corrected chi connectivity index (χ3v) is 14.6. The van der Waals surface area contributed by atoms with Crippen molar-refractivity contribution in [2.75, 3.05) is 0 Å². The average molecular weight is 621 g/mol. The van der Waals surface area contributed by atoms with E-state index in [2.05, 4.69) is 189 Å². The molecule has 0 saturated carbocycles. The van der Waals surface area contributed by atoms with E-state index in [1.54, 1.807) is 0 Å². The minimum absolute atomic E-state index is 0.309. The topological polar surface area (TPSA) is 0 Å². The average Bonchev–Trinajstić information content (AvgIpc) is 3.06. The van der Waals surface area contributed by atoms with Gasteiger partial charge in [0.05, 0.1) is 0 Å². The lowest BCUT2D eigenvalue weighted by molar-refractivity contribution is 1.61. The Morgan fingerprint density at radius 2 is 0.659 bits per heavy atom. The summed E-state index contributed by atoms with van der Waals surface area (Å²) in [5.74, 6) is 1.19. The monoisotopic (exact) mass is 620 g/mol. The van der Waals surface area contributed by atoms with Gasteiger partial charge in [-0.3, -0.25) is 0 Å². The summed E-state index contributed by atoms with van der Waals surface area (Å²) in [4.78, 5) is 0. The van der Waals surface area contributed by atoms with E-state index in [1.807, 2.05) is 0 Å². The van der Waals surface area contributed by atoms with Crippen LogP contribution in [0.1, 0.15) is 0 Å². The largest absolute Gasteiger partial charge is 0.208 e. The maximum Gasteiger partial charge on any atom is 0.208 e. The van der Waals surface area contributed by atoms with Crippen LogP contribution in [0.4, 0.5) is 0 Å². The van der Waals surface area contributed by atoms with Gasteiger partial charge in [0.1, 0.15) is 0 Å². The molecule has 4 heteroatoms. The van der Waals surface area contributed by atoms with Gasteiger partial charge in [-0.15, -0.1) is 0 Å². The first-order valence-corrected chi connectivity index (χ1v) is 21.9. The standard InChI is InChI=1S/C40H39BP2Si/c1-44(2,3)32-41(37-28-16-18-30-39(37)42(33-20-8-4-9-21-33)34-22-10-5-11-23-34)38-29-17-19-31-40(38)43(35-24-12-6-13-25-35)36-26-14-7-15-27-36/h4-31H,32H2,1-3H3. The number of rotatable bonds is 10. The lowest BCUT2D eigenvalue weighted by Gasteiger charge is -2.31. The minimum atomic E-state index is -1.50. The Morgan fingerprint density at radius 3 is 0.955 bits per heavy atom. The third-order valence-electron chi connectivity index (χ3n) is 7.98. The van der Waals surface area contributed by atoms with Gasteiger partial charge in [-0.2, -0.15) is 0 Å². The first kappa shape index (κ1) is 30.5. The molecule has 0 aliphatic carbocycles. The lowest BCUT2D eigenvalue weighted by atomic mass is 9.42. The van der Waals surface area contributed by atoms with E-state index in [0.717, 1.165) is 0 Å². The maximum atomic E-state index is 2.53. The molecule has 0 bridgehead atoms. The highest BCUT2D eigenvalue weighted by Gasteiger charge is 2.33. The van der Waals surface area contributed by atoms with Crippen molar-refractivity contribution in [1.29, 1.82) is 0 Å². The molecule has 0 radical (unpaired) electrons. The maximum absolute atomic E-state index is 2.53. The van der Waals surface area contributed by atoms with Crippen molar-refractivity contribution < 1.29 is 0 Å². The van der Waals surface area contributed by atoms with Crippen molar-refractivity contribution in [3.8, 4) is 0 Å². The summed E-state index contributed by atoms with van der Waals surface area (Å²) in [6, 6.07) is 63.4. The van der Waals surface area contributed by atoms with Crippen LogP contribution in [0, 0.1) is 0 Å². The molecule has 0 nitrogen and oxygen atoms in total. The molecule has 0 amide bonds. The van der Waals surface area contributed by atoms with E-state index in [9.17, 15) is 0 Å². The highest BCUT2D eigenvalue weighted by Crippen LogP contribution is 2.34. The van der Waals surface area contributed by atoms with Gasteiger partial charge in [0.2, 0.25) is 6.71 Å². The summed E-state index contributed by atoms with van der Waals surface area (Å²) in [6.07, 6.45) is 0. The van der Waals surface area contributed by atoms with Crippen molar-refractivity contribution in [2.45, 2.75) is 25.6 Å². The van der Waals surface area contributed by atoms with Gasteiger partial charge in [-0.05, 0) is 47.7 Å². The zero-order valence-electron chi connectivity index (χ0n) is 25.8. The summed E-state index contributed by atoms with van der Waals surface area (Å²) in [6.45, 7) is 7.89. The summed E-state index contributed by atoms with van der Waals surface area (Å²) < 4.78 is 0. The van der Waals surface area contributed by atoms with Crippen LogP contribution in [0.3, 0.4) is 0 Å². The van der Waals surface area contributed by atoms with Crippen LogP contribution in [0.15, 0.2) is 170 Å². The molecule has 0 N–H and O–H groups in total. The molecular weight excluding hydrogens is 581 g/mol. The highest BCUT2D eigenvalue weighted by molar-refractivity contribution is 7.81. The van der Waals surface area contributed by atoms with Crippen molar-refractivity contribution in [3.63, 3.8) is 0 Å². The normalized spacial score (nSPS) is 11.6.